The summed E-state index contributed by atoms with van der Waals surface area (Å²) in [4.78, 5) is 10.5. The highest BCUT2D eigenvalue weighted by Crippen LogP contribution is 2.48. The minimum absolute atomic E-state index is 0.732. The van der Waals surface area contributed by atoms with Crippen LogP contribution >= 0.6 is 11.6 Å². The molecule has 2 aliphatic rings. The number of carbonyl (C=O) groups excluding carboxylic acids is 1. The maximum Gasteiger partial charge on any atom is 0.120 e. The number of halogens is 1. The van der Waals surface area contributed by atoms with E-state index in [9.17, 15) is 4.79 Å². The van der Waals surface area contributed by atoms with Crippen LogP contribution in [-0.4, -0.2) is 6.29 Å². The lowest BCUT2D eigenvalue weighted by atomic mass is 9.63. The smallest absolute Gasteiger partial charge is 0.120 e. The van der Waals surface area contributed by atoms with E-state index in [-0.39, 0.29) is 0 Å². The van der Waals surface area contributed by atoms with Gasteiger partial charge in [0.25, 0.3) is 0 Å². The molecule has 0 amide bonds. The van der Waals surface area contributed by atoms with Crippen molar-refractivity contribution in [3.8, 4) is 0 Å². The van der Waals surface area contributed by atoms with Gasteiger partial charge in [-0.1, -0.05) is 30.2 Å². The number of hydrogen-bond donors (Lipinski definition) is 0. The zero-order valence-electron chi connectivity index (χ0n) is 12.6. The summed E-state index contributed by atoms with van der Waals surface area (Å²) in [7, 11) is 0. The number of benzene rings is 1. The molecular weight excluding hydrogens is 280 g/mol. The maximum absolute atomic E-state index is 10.5. The van der Waals surface area contributed by atoms with Crippen molar-refractivity contribution in [3.63, 3.8) is 0 Å². The Kier molecular flexibility index (Phi) is 5.00. The molecule has 0 aliphatic heterocycles. The van der Waals surface area contributed by atoms with Gasteiger partial charge in [-0.05, 0) is 79.9 Å². The van der Waals surface area contributed by atoms with Crippen LogP contribution in [0.2, 0.25) is 5.02 Å². The van der Waals surface area contributed by atoms with Gasteiger partial charge in [-0.3, -0.25) is 0 Å². The molecule has 1 aromatic rings. The first-order valence-corrected chi connectivity index (χ1v) is 8.83. The van der Waals surface area contributed by atoms with Crippen LogP contribution in [0.15, 0.2) is 24.3 Å². The molecule has 21 heavy (non-hydrogen) atoms. The standard InChI is InChI=1S/C19H25ClO/c20-19-9-7-15(8-10-19)17-6-5-16-12-14(2-1-11-21)3-4-18(16)13-17/h7-11,14,16-18H,1-6,12-13H2. The molecule has 4 atom stereocenters. The highest BCUT2D eigenvalue weighted by molar-refractivity contribution is 6.30. The van der Waals surface area contributed by atoms with Gasteiger partial charge in [-0.25, -0.2) is 0 Å². The molecule has 2 saturated carbocycles. The van der Waals surface area contributed by atoms with E-state index in [0.717, 1.165) is 47.8 Å². The molecule has 114 valence electrons. The largest absolute Gasteiger partial charge is 0.303 e. The average molecular weight is 305 g/mol. The minimum atomic E-state index is 0.732. The van der Waals surface area contributed by atoms with E-state index in [1.54, 1.807) is 0 Å². The molecule has 2 aliphatic carbocycles. The SMILES string of the molecule is O=CCCC1CCC2CC(c3ccc(Cl)cc3)CCC2C1. The molecular formula is C19H25ClO. The first-order chi connectivity index (χ1) is 10.3. The molecule has 0 saturated heterocycles. The number of rotatable bonds is 4. The zero-order valence-corrected chi connectivity index (χ0v) is 13.4. The van der Waals surface area contributed by atoms with Crippen molar-refractivity contribution >= 4 is 17.9 Å². The zero-order chi connectivity index (χ0) is 14.7. The Morgan fingerprint density at radius 3 is 2.48 bits per heavy atom. The van der Waals surface area contributed by atoms with Crippen LogP contribution in [0.5, 0.6) is 0 Å². The van der Waals surface area contributed by atoms with Crippen molar-refractivity contribution in [2.45, 2.75) is 57.3 Å². The summed E-state index contributed by atoms with van der Waals surface area (Å²) in [5.74, 6) is 3.37. The second-order valence-corrected chi connectivity index (χ2v) is 7.44. The Balaban J connectivity index is 1.57. The predicted octanol–water partition coefficient (Wildman–Crippen LogP) is 5.62. The molecule has 1 nitrogen and oxygen atoms in total. The summed E-state index contributed by atoms with van der Waals surface area (Å²) in [6.45, 7) is 0. The van der Waals surface area contributed by atoms with Crippen molar-refractivity contribution in [1.82, 2.24) is 0 Å². The van der Waals surface area contributed by atoms with Gasteiger partial charge in [0.1, 0.15) is 6.29 Å². The van der Waals surface area contributed by atoms with Crippen molar-refractivity contribution < 1.29 is 4.79 Å². The van der Waals surface area contributed by atoms with Crippen LogP contribution in [0, 0.1) is 17.8 Å². The fourth-order valence-electron chi connectivity index (χ4n) is 4.59. The Morgan fingerprint density at radius 2 is 1.71 bits per heavy atom. The van der Waals surface area contributed by atoms with Gasteiger partial charge in [0, 0.05) is 11.4 Å². The third-order valence-corrected chi connectivity index (χ3v) is 6.01. The van der Waals surface area contributed by atoms with Crippen molar-refractivity contribution in [1.29, 1.82) is 0 Å². The molecule has 0 radical (unpaired) electrons. The van der Waals surface area contributed by atoms with Gasteiger partial charge < -0.3 is 4.79 Å². The van der Waals surface area contributed by atoms with Crippen molar-refractivity contribution in [2.75, 3.05) is 0 Å². The lowest BCUT2D eigenvalue weighted by molar-refractivity contribution is -0.108. The Bertz CT molecular complexity index is 467. The molecule has 0 bridgehead atoms. The quantitative estimate of drug-likeness (QED) is 0.660. The number of fused-ring (bicyclic) bond motifs is 1. The number of carbonyl (C=O) groups is 1. The molecule has 4 unspecified atom stereocenters. The summed E-state index contributed by atoms with van der Waals surface area (Å²) in [6, 6.07) is 8.48. The molecule has 2 fully saturated rings. The van der Waals surface area contributed by atoms with E-state index >= 15 is 0 Å². The lowest BCUT2D eigenvalue weighted by Crippen LogP contribution is -2.30. The molecule has 0 heterocycles. The highest BCUT2D eigenvalue weighted by Gasteiger charge is 2.35. The topological polar surface area (TPSA) is 17.1 Å². The Hall–Kier alpha value is -0.820. The van der Waals surface area contributed by atoms with E-state index in [4.69, 9.17) is 11.6 Å². The highest BCUT2D eigenvalue weighted by atomic mass is 35.5. The monoisotopic (exact) mass is 304 g/mol. The van der Waals surface area contributed by atoms with E-state index in [2.05, 4.69) is 12.1 Å². The van der Waals surface area contributed by atoms with E-state index in [0.29, 0.717) is 0 Å². The van der Waals surface area contributed by atoms with Crippen LogP contribution in [0.4, 0.5) is 0 Å². The summed E-state index contributed by atoms with van der Waals surface area (Å²) in [5, 5.41) is 0.836. The fraction of sp³-hybridized carbons (Fsp3) is 0.632. The molecule has 2 heteroatoms. The third kappa shape index (κ3) is 3.69. The van der Waals surface area contributed by atoms with Crippen LogP contribution in [-0.2, 0) is 4.79 Å². The lowest BCUT2D eigenvalue weighted by Gasteiger charge is -2.42. The first-order valence-electron chi connectivity index (χ1n) is 8.45. The van der Waals surface area contributed by atoms with Crippen LogP contribution in [0.1, 0.15) is 62.8 Å². The molecule has 1 aromatic carbocycles. The van der Waals surface area contributed by atoms with E-state index in [1.807, 2.05) is 12.1 Å². The van der Waals surface area contributed by atoms with Crippen LogP contribution in [0.3, 0.4) is 0 Å². The molecule has 0 aromatic heterocycles. The summed E-state index contributed by atoms with van der Waals surface area (Å²) in [5.41, 5.74) is 1.47. The molecule has 3 rings (SSSR count). The third-order valence-electron chi connectivity index (χ3n) is 5.76. The summed E-state index contributed by atoms with van der Waals surface area (Å²) >= 11 is 5.99. The maximum atomic E-state index is 10.5. The predicted molar refractivity (Wildman–Crippen MR) is 87.7 cm³/mol. The second kappa shape index (κ2) is 6.96. The Labute approximate surface area is 133 Å². The van der Waals surface area contributed by atoms with E-state index in [1.165, 1.54) is 44.1 Å². The number of hydrogen-bond acceptors (Lipinski definition) is 1. The normalized spacial score (nSPS) is 32.4. The summed E-state index contributed by atoms with van der Waals surface area (Å²) < 4.78 is 0. The van der Waals surface area contributed by atoms with Crippen LogP contribution < -0.4 is 0 Å². The van der Waals surface area contributed by atoms with Gasteiger partial charge in [0.15, 0.2) is 0 Å². The van der Waals surface area contributed by atoms with Crippen molar-refractivity contribution in [3.05, 3.63) is 34.9 Å². The fourth-order valence-corrected chi connectivity index (χ4v) is 4.72. The van der Waals surface area contributed by atoms with Gasteiger partial charge in [-0.2, -0.15) is 0 Å². The molecule has 0 spiro atoms. The van der Waals surface area contributed by atoms with E-state index < -0.39 is 0 Å². The first kappa shape index (κ1) is 15.1. The minimum Gasteiger partial charge on any atom is -0.303 e. The van der Waals surface area contributed by atoms with Gasteiger partial charge in [0.2, 0.25) is 0 Å². The van der Waals surface area contributed by atoms with Crippen molar-refractivity contribution in [2.24, 2.45) is 17.8 Å². The summed E-state index contributed by atoms with van der Waals surface area (Å²) in [6.07, 6.45) is 11.1. The molecule has 0 N–H and O–H groups in total. The van der Waals surface area contributed by atoms with Crippen LogP contribution in [0.25, 0.3) is 0 Å². The van der Waals surface area contributed by atoms with Gasteiger partial charge in [-0.15, -0.1) is 0 Å². The van der Waals surface area contributed by atoms with Gasteiger partial charge in [0.05, 0.1) is 0 Å². The number of aldehydes is 1. The van der Waals surface area contributed by atoms with Gasteiger partial charge >= 0.3 is 0 Å². The second-order valence-electron chi connectivity index (χ2n) is 7.00. The average Bonchev–Trinajstić information content (AvgIpc) is 2.53. The Morgan fingerprint density at radius 1 is 1.00 bits per heavy atom.